The second-order valence-electron chi connectivity index (χ2n) is 5.95. The quantitative estimate of drug-likeness (QED) is 0.450. The van der Waals surface area contributed by atoms with Crippen LogP contribution in [0.2, 0.25) is 0 Å². The summed E-state index contributed by atoms with van der Waals surface area (Å²) in [5.74, 6) is 1.86. The van der Waals surface area contributed by atoms with E-state index >= 15 is 0 Å². The molecule has 2 N–H and O–H groups in total. The van der Waals surface area contributed by atoms with Crippen LogP contribution in [0.5, 0.6) is 0 Å². The maximum Gasteiger partial charge on any atom is 0.193 e. The van der Waals surface area contributed by atoms with E-state index in [0.29, 0.717) is 0 Å². The zero-order valence-electron chi connectivity index (χ0n) is 13.3. The molecular weight excluding hydrogens is 387 g/mol. The highest BCUT2D eigenvalue weighted by Gasteiger charge is 2.18. The minimum atomic E-state index is 0. The highest BCUT2D eigenvalue weighted by atomic mass is 127. The molecule has 0 atom stereocenters. The molecule has 22 heavy (non-hydrogen) atoms. The summed E-state index contributed by atoms with van der Waals surface area (Å²) < 4.78 is 0. The molecule has 3 rings (SSSR count). The predicted molar refractivity (Wildman–Crippen MR) is 104 cm³/mol. The van der Waals surface area contributed by atoms with Gasteiger partial charge in [0.05, 0.1) is 6.54 Å². The van der Waals surface area contributed by atoms with Crippen molar-refractivity contribution in [2.75, 3.05) is 20.1 Å². The molecule has 1 fully saturated rings. The van der Waals surface area contributed by atoms with Crippen molar-refractivity contribution in [1.82, 2.24) is 15.2 Å². The Morgan fingerprint density at radius 1 is 1.32 bits per heavy atom. The molecule has 0 bridgehead atoms. The van der Waals surface area contributed by atoms with Gasteiger partial charge in [-0.2, -0.15) is 0 Å². The summed E-state index contributed by atoms with van der Waals surface area (Å²) in [5.41, 5.74) is 2.39. The number of piperidine rings is 1. The van der Waals surface area contributed by atoms with E-state index in [9.17, 15) is 0 Å². The number of nitrogens with one attached hydrogen (secondary N) is 2. The van der Waals surface area contributed by atoms with E-state index in [1.807, 2.05) is 7.05 Å². The second kappa shape index (κ2) is 7.85. The average molecular weight is 412 g/mol. The van der Waals surface area contributed by atoms with Crippen LogP contribution in [0.4, 0.5) is 0 Å². The minimum absolute atomic E-state index is 0. The maximum absolute atomic E-state index is 4.42. The van der Waals surface area contributed by atoms with Gasteiger partial charge in [-0.1, -0.05) is 25.1 Å². The zero-order valence-corrected chi connectivity index (χ0v) is 15.6. The molecular formula is C17H25IN4. The smallest absolute Gasteiger partial charge is 0.193 e. The number of guanidine groups is 1. The van der Waals surface area contributed by atoms with Crippen molar-refractivity contribution in [1.29, 1.82) is 0 Å². The number of fused-ring (bicyclic) bond motifs is 1. The highest BCUT2D eigenvalue weighted by molar-refractivity contribution is 14.0. The Morgan fingerprint density at radius 3 is 2.73 bits per heavy atom. The standard InChI is InChI=1S/C17H24N4.HI/c1-13-7-9-21(10-8-13)17(18-2)19-12-15-11-14-5-3-4-6-16(14)20-15;/h3-6,11,13,20H,7-10,12H2,1-2H3,(H,18,19);1H. The van der Waals surface area contributed by atoms with E-state index in [1.165, 1.54) is 29.4 Å². The molecule has 0 aliphatic carbocycles. The number of H-pyrrole nitrogens is 1. The first-order valence-corrected chi connectivity index (χ1v) is 7.78. The van der Waals surface area contributed by atoms with Crippen LogP contribution in [0.1, 0.15) is 25.5 Å². The number of para-hydroxylation sites is 1. The lowest BCUT2D eigenvalue weighted by Crippen LogP contribution is -2.45. The molecule has 0 saturated carbocycles. The normalized spacial score (nSPS) is 16.6. The van der Waals surface area contributed by atoms with Crippen LogP contribution in [-0.2, 0) is 6.54 Å². The van der Waals surface area contributed by atoms with Crippen molar-refractivity contribution in [2.45, 2.75) is 26.3 Å². The molecule has 4 nitrogen and oxygen atoms in total. The summed E-state index contributed by atoms with van der Waals surface area (Å²) in [5, 5.41) is 4.74. The molecule has 2 heterocycles. The predicted octanol–water partition coefficient (Wildman–Crippen LogP) is 3.59. The molecule has 0 amide bonds. The second-order valence-corrected chi connectivity index (χ2v) is 5.95. The minimum Gasteiger partial charge on any atom is -0.357 e. The fourth-order valence-electron chi connectivity index (χ4n) is 2.96. The summed E-state index contributed by atoms with van der Waals surface area (Å²) in [7, 11) is 1.87. The van der Waals surface area contributed by atoms with E-state index in [0.717, 1.165) is 31.5 Å². The van der Waals surface area contributed by atoms with E-state index < -0.39 is 0 Å². The van der Waals surface area contributed by atoms with E-state index in [2.05, 4.69) is 57.4 Å². The Bertz CT molecular complexity index is 593. The van der Waals surface area contributed by atoms with Gasteiger partial charge in [0, 0.05) is 31.3 Å². The first-order valence-electron chi connectivity index (χ1n) is 7.78. The van der Waals surface area contributed by atoms with Crippen LogP contribution in [0.25, 0.3) is 10.9 Å². The highest BCUT2D eigenvalue weighted by Crippen LogP contribution is 2.17. The number of rotatable bonds is 2. The molecule has 1 aromatic carbocycles. The van der Waals surface area contributed by atoms with Crippen molar-refractivity contribution in [3.8, 4) is 0 Å². The van der Waals surface area contributed by atoms with Crippen LogP contribution in [0.15, 0.2) is 35.3 Å². The zero-order chi connectivity index (χ0) is 14.7. The molecule has 1 aromatic heterocycles. The SMILES string of the molecule is CN=C(NCc1cc2ccccc2[nH]1)N1CCC(C)CC1.I. The van der Waals surface area contributed by atoms with E-state index in [1.54, 1.807) is 0 Å². The monoisotopic (exact) mass is 412 g/mol. The van der Waals surface area contributed by atoms with Crippen LogP contribution in [0, 0.1) is 5.92 Å². The molecule has 1 aliphatic heterocycles. The van der Waals surface area contributed by atoms with Crippen molar-refractivity contribution in [2.24, 2.45) is 10.9 Å². The largest absolute Gasteiger partial charge is 0.357 e. The third-order valence-corrected chi connectivity index (χ3v) is 4.32. The van der Waals surface area contributed by atoms with Crippen molar-refractivity contribution in [3.63, 3.8) is 0 Å². The number of aromatic amines is 1. The molecule has 2 aromatic rings. The molecule has 5 heteroatoms. The van der Waals surface area contributed by atoms with Crippen LogP contribution >= 0.6 is 24.0 Å². The summed E-state index contributed by atoms with van der Waals surface area (Å²) in [6.45, 7) is 5.33. The number of aromatic nitrogens is 1. The molecule has 1 saturated heterocycles. The maximum atomic E-state index is 4.42. The Labute approximate surface area is 149 Å². The number of halogens is 1. The number of benzene rings is 1. The molecule has 0 unspecified atom stereocenters. The van der Waals surface area contributed by atoms with Gasteiger partial charge in [-0.15, -0.1) is 24.0 Å². The van der Waals surface area contributed by atoms with Gasteiger partial charge in [0.15, 0.2) is 5.96 Å². The van der Waals surface area contributed by atoms with Gasteiger partial charge in [-0.3, -0.25) is 4.99 Å². The number of likely N-dealkylation sites (tertiary alicyclic amines) is 1. The number of hydrogen-bond donors (Lipinski definition) is 2. The first kappa shape index (κ1) is 17.1. The topological polar surface area (TPSA) is 43.4 Å². The van der Waals surface area contributed by atoms with Gasteiger partial charge in [0.25, 0.3) is 0 Å². The Kier molecular flexibility index (Phi) is 6.11. The summed E-state index contributed by atoms with van der Waals surface area (Å²) in [6, 6.07) is 10.6. The van der Waals surface area contributed by atoms with Gasteiger partial charge in [0.2, 0.25) is 0 Å². The Balaban J connectivity index is 0.00000176. The third-order valence-electron chi connectivity index (χ3n) is 4.32. The summed E-state index contributed by atoms with van der Waals surface area (Å²) >= 11 is 0. The molecule has 0 spiro atoms. The van der Waals surface area contributed by atoms with Crippen molar-refractivity contribution in [3.05, 3.63) is 36.0 Å². The van der Waals surface area contributed by atoms with Gasteiger partial charge in [-0.25, -0.2) is 0 Å². The number of nitrogens with zero attached hydrogens (tertiary/aromatic N) is 2. The van der Waals surface area contributed by atoms with Gasteiger partial charge < -0.3 is 15.2 Å². The molecule has 120 valence electrons. The lowest BCUT2D eigenvalue weighted by Gasteiger charge is -2.32. The number of hydrogen-bond acceptors (Lipinski definition) is 1. The van der Waals surface area contributed by atoms with Crippen molar-refractivity contribution < 1.29 is 0 Å². The lowest BCUT2D eigenvalue weighted by molar-refractivity contribution is 0.273. The van der Waals surface area contributed by atoms with Crippen molar-refractivity contribution >= 4 is 40.8 Å². The molecule has 0 radical (unpaired) electrons. The summed E-state index contributed by atoms with van der Waals surface area (Å²) in [6.07, 6.45) is 2.51. The van der Waals surface area contributed by atoms with Gasteiger partial charge >= 0.3 is 0 Å². The first-order chi connectivity index (χ1) is 10.3. The van der Waals surface area contributed by atoms with Gasteiger partial charge in [0.1, 0.15) is 0 Å². The Morgan fingerprint density at radius 2 is 2.05 bits per heavy atom. The van der Waals surface area contributed by atoms with Gasteiger partial charge in [-0.05, 0) is 36.3 Å². The van der Waals surface area contributed by atoms with Crippen LogP contribution in [0.3, 0.4) is 0 Å². The molecule has 1 aliphatic rings. The summed E-state index contributed by atoms with van der Waals surface area (Å²) in [4.78, 5) is 10.2. The average Bonchev–Trinajstić information content (AvgIpc) is 2.92. The van der Waals surface area contributed by atoms with Crippen LogP contribution in [-0.4, -0.2) is 36.0 Å². The van der Waals surface area contributed by atoms with E-state index in [-0.39, 0.29) is 24.0 Å². The third kappa shape index (κ3) is 3.94. The Hall–Kier alpha value is -1.24. The number of aliphatic imine (C=N–C) groups is 1. The lowest BCUT2D eigenvalue weighted by atomic mass is 10.00. The van der Waals surface area contributed by atoms with Crippen LogP contribution < -0.4 is 5.32 Å². The fourth-order valence-corrected chi connectivity index (χ4v) is 2.96. The fraction of sp³-hybridized carbons (Fsp3) is 0.471. The van der Waals surface area contributed by atoms with E-state index in [4.69, 9.17) is 0 Å².